The first-order valence-electron chi connectivity index (χ1n) is 9.93. The molecule has 2 N–H and O–H groups in total. The van der Waals surface area contributed by atoms with E-state index in [-0.39, 0.29) is 10.6 Å². The quantitative estimate of drug-likeness (QED) is 0.614. The highest BCUT2D eigenvalue weighted by atomic mass is 32.1. The van der Waals surface area contributed by atoms with E-state index in [1.54, 1.807) is 6.92 Å². The molecule has 1 heterocycles. The van der Waals surface area contributed by atoms with Crippen molar-refractivity contribution in [2.45, 2.75) is 51.5 Å². The molecule has 1 aromatic carbocycles. The van der Waals surface area contributed by atoms with Crippen molar-refractivity contribution in [3.05, 3.63) is 34.7 Å². The Morgan fingerprint density at radius 3 is 2.48 bits per heavy atom. The van der Waals surface area contributed by atoms with Crippen LogP contribution >= 0.6 is 11.3 Å². The van der Waals surface area contributed by atoms with Crippen molar-refractivity contribution in [3.8, 4) is 16.2 Å². The minimum absolute atomic E-state index is 0.0290. The van der Waals surface area contributed by atoms with Gasteiger partial charge in [-0.2, -0.15) is 0 Å². The summed E-state index contributed by atoms with van der Waals surface area (Å²) in [7, 11) is 2.13. The number of thiophene rings is 1. The Morgan fingerprint density at radius 1 is 1.17 bits per heavy atom. The van der Waals surface area contributed by atoms with E-state index in [2.05, 4.69) is 24.1 Å². The van der Waals surface area contributed by atoms with Gasteiger partial charge in [0, 0.05) is 29.2 Å². The summed E-state index contributed by atoms with van der Waals surface area (Å²) >= 11 is 1.12. The number of carboxylic acids is 2. The van der Waals surface area contributed by atoms with E-state index < -0.39 is 18.5 Å². The zero-order valence-electron chi connectivity index (χ0n) is 16.8. The molecule has 7 heteroatoms. The number of rotatable bonds is 7. The Hall–Kier alpha value is -2.54. The molecule has 1 aromatic heterocycles. The fourth-order valence-electron chi connectivity index (χ4n) is 3.94. The molecule has 0 saturated heterocycles. The number of aliphatic carboxylic acids is 1. The summed E-state index contributed by atoms with van der Waals surface area (Å²) in [5.41, 5.74) is 2.67. The van der Waals surface area contributed by atoms with Crippen LogP contribution in [0.3, 0.4) is 0 Å². The Bertz CT molecular complexity index is 883. The van der Waals surface area contributed by atoms with Crippen molar-refractivity contribution >= 4 is 29.0 Å². The standard InChI is InChI=1S/C22H27NO5S/c1-14-19(28-13-18(24)25)21(22(26)27)29-20(14)15-8-7-11-17(12-15)23(2)16-9-5-3-4-6-10-16/h7-8,11-12,16H,3-6,9-10,13H2,1-2H3,(H,24,25)(H,26,27). The van der Waals surface area contributed by atoms with Gasteiger partial charge in [-0.25, -0.2) is 9.59 Å². The van der Waals surface area contributed by atoms with E-state index >= 15 is 0 Å². The van der Waals surface area contributed by atoms with Gasteiger partial charge in [-0.1, -0.05) is 37.8 Å². The summed E-state index contributed by atoms with van der Waals surface area (Å²) in [6.07, 6.45) is 7.49. The van der Waals surface area contributed by atoms with E-state index in [1.807, 2.05) is 12.1 Å². The first kappa shape index (κ1) is 21.2. The molecule has 1 aliphatic carbocycles. The molecule has 0 amide bonds. The van der Waals surface area contributed by atoms with Crippen LogP contribution in [0.25, 0.3) is 10.4 Å². The van der Waals surface area contributed by atoms with Crippen LogP contribution in [-0.4, -0.2) is 41.8 Å². The lowest BCUT2D eigenvalue weighted by Gasteiger charge is -2.29. The summed E-state index contributed by atoms with van der Waals surface area (Å²) in [5.74, 6) is -2.11. The zero-order chi connectivity index (χ0) is 21.0. The fourth-order valence-corrected chi connectivity index (χ4v) is 5.03. The van der Waals surface area contributed by atoms with Gasteiger partial charge in [0.15, 0.2) is 11.5 Å². The Labute approximate surface area is 174 Å². The number of benzene rings is 1. The van der Waals surface area contributed by atoms with E-state index in [4.69, 9.17) is 9.84 Å². The average Bonchev–Trinajstić information content (AvgIpc) is 2.86. The topological polar surface area (TPSA) is 87.1 Å². The molecular formula is C22H27NO5S. The van der Waals surface area contributed by atoms with E-state index in [0.717, 1.165) is 27.5 Å². The van der Waals surface area contributed by atoms with Crippen LogP contribution in [0.4, 0.5) is 5.69 Å². The third-order valence-corrected chi connectivity index (χ3v) is 6.82. The molecular weight excluding hydrogens is 390 g/mol. The normalized spacial score (nSPS) is 15.0. The lowest BCUT2D eigenvalue weighted by atomic mass is 10.0. The Kier molecular flexibility index (Phi) is 6.79. The van der Waals surface area contributed by atoms with Crippen LogP contribution in [0, 0.1) is 6.92 Å². The van der Waals surface area contributed by atoms with Gasteiger partial charge in [0.2, 0.25) is 0 Å². The second-order valence-electron chi connectivity index (χ2n) is 7.51. The number of hydrogen-bond donors (Lipinski definition) is 2. The minimum Gasteiger partial charge on any atom is -0.480 e. The van der Waals surface area contributed by atoms with E-state index in [9.17, 15) is 14.7 Å². The largest absolute Gasteiger partial charge is 0.480 e. The van der Waals surface area contributed by atoms with Crippen molar-refractivity contribution in [3.63, 3.8) is 0 Å². The van der Waals surface area contributed by atoms with Crippen molar-refractivity contribution in [2.75, 3.05) is 18.6 Å². The van der Waals surface area contributed by atoms with Gasteiger partial charge in [0.05, 0.1) is 0 Å². The SMILES string of the molecule is Cc1c(-c2cccc(N(C)C3CCCCCC3)c2)sc(C(=O)O)c1OCC(=O)O. The smallest absolute Gasteiger partial charge is 0.349 e. The predicted octanol–water partition coefficient (Wildman–Crippen LogP) is 5.04. The maximum Gasteiger partial charge on any atom is 0.349 e. The highest BCUT2D eigenvalue weighted by Crippen LogP contribution is 2.42. The second-order valence-corrected chi connectivity index (χ2v) is 8.53. The molecule has 29 heavy (non-hydrogen) atoms. The van der Waals surface area contributed by atoms with E-state index in [1.165, 1.54) is 38.5 Å². The number of hydrogen-bond acceptors (Lipinski definition) is 5. The summed E-state index contributed by atoms with van der Waals surface area (Å²) in [4.78, 5) is 25.7. The molecule has 3 rings (SSSR count). The van der Waals surface area contributed by atoms with Gasteiger partial charge in [-0.3, -0.25) is 0 Å². The Morgan fingerprint density at radius 2 is 1.86 bits per heavy atom. The van der Waals surface area contributed by atoms with Crippen molar-refractivity contribution in [2.24, 2.45) is 0 Å². The highest BCUT2D eigenvalue weighted by Gasteiger charge is 2.24. The Balaban J connectivity index is 1.92. The predicted molar refractivity (Wildman–Crippen MR) is 114 cm³/mol. The van der Waals surface area contributed by atoms with Gasteiger partial charge < -0.3 is 19.8 Å². The summed E-state index contributed by atoms with van der Waals surface area (Å²) in [6.45, 7) is 1.21. The monoisotopic (exact) mass is 417 g/mol. The second kappa shape index (κ2) is 9.31. The number of ether oxygens (including phenoxy) is 1. The molecule has 156 valence electrons. The van der Waals surface area contributed by atoms with Gasteiger partial charge in [-0.15, -0.1) is 11.3 Å². The van der Waals surface area contributed by atoms with Gasteiger partial charge in [-0.05, 0) is 37.5 Å². The third kappa shape index (κ3) is 4.90. The molecule has 6 nitrogen and oxygen atoms in total. The van der Waals surface area contributed by atoms with Crippen LogP contribution < -0.4 is 9.64 Å². The van der Waals surface area contributed by atoms with Crippen LogP contribution in [-0.2, 0) is 4.79 Å². The maximum absolute atomic E-state index is 11.7. The summed E-state index contributed by atoms with van der Waals surface area (Å²) < 4.78 is 5.30. The average molecular weight is 418 g/mol. The van der Waals surface area contributed by atoms with Crippen molar-refractivity contribution in [1.82, 2.24) is 0 Å². The van der Waals surface area contributed by atoms with Crippen molar-refractivity contribution < 1.29 is 24.5 Å². The van der Waals surface area contributed by atoms with Crippen molar-refractivity contribution in [1.29, 1.82) is 0 Å². The number of carboxylic acid groups (broad SMARTS) is 2. The molecule has 0 atom stereocenters. The lowest BCUT2D eigenvalue weighted by Crippen LogP contribution is -2.30. The number of anilines is 1. The fraction of sp³-hybridized carbons (Fsp3) is 0.455. The van der Waals surface area contributed by atoms with Crippen LogP contribution in [0.2, 0.25) is 0 Å². The summed E-state index contributed by atoms with van der Waals surface area (Å²) in [5, 5.41) is 18.4. The maximum atomic E-state index is 11.7. The molecule has 0 radical (unpaired) electrons. The number of aromatic carboxylic acids is 1. The number of carbonyl (C=O) groups is 2. The lowest BCUT2D eigenvalue weighted by molar-refractivity contribution is -0.139. The highest BCUT2D eigenvalue weighted by molar-refractivity contribution is 7.18. The van der Waals surface area contributed by atoms with E-state index in [0.29, 0.717) is 11.6 Å². The molecule has 1 saturated carbocycles. The third-order valence-electron chi connectivity index (χ3n) is 5.51. The van der Waals surface area contributed by atoms with Crippen LogP contribution in [0.5, 0.6) is 5.75 Å². The van der Waals surface area contributed by atoms with Gasteiger partial charge in [0.25, 0.3) is 0 Å². The first-order chi connectivity index (χ1) is 13.9. The van der Waals surface area contributed by atoms with Gasteiger partial charge >= 0.3 is 11.9 Å². The number of nitrogens with zero attached hydrogens (tertiary/aromatic N) is 1. The molecule has 0 bridgehead atoms. The minimum atomic E-state index is -1.14. The molecule has 1 fully saturated rings. The molecule has 2 aromatic rings. The van der Waals surface area contributed by atoms with Crippen LogP contribution in [0.1, 0.15) is 53.8 Å². The summed E-state index contributed by atoms with van der Waals surface area (Å²) in [6, 6.07) is 8.61. The molecule has 0 unspecified atom stereocenters. The van der Waals surface area contributed by atoms with Crippen LogP contribution in [0.15, 0.2) is 24.3 Å². The molecule has 0 spiro atoms. The zero-order valence-corrected chi connectivity index (χ0v) is 17.6. The van der Waals surface area contributed by atoms with Gasteiger partial charge in [0.1, 0.15) is 5.75 Å². The first-order valence-corrected chi connectivity index (χ1v) is 10.7. The molecule has 1 aliphatic rings. The molecule has 0 aliphatic heterocycles.